The first kappa shape index (κ1) is 42.3. The summed E-state index contributed by atoms with van der Waals surface area (Å²) in [4.78, 5) is 5.07. The van der Waals surface area contributed by atoms with E-state index < -0.39 is 0 Å². The van der Waals surface area contributed by atoms with Crippen LogP contribution in [0.15, 0.2) is 247 Å². The molecule has 0 saturated heterocycles. The summed E-state index contributed by atoms with van der Waals surface area (Å²) in [6, 6.07) is 60.7. The van der Waals surface area contributed by atoms with Crippen molar-refractivity contribution in [2.45, 2.75) is 13.3 Å². The zero-order valence-electron chi connectivity index (χ0n) is 37.5. The highest BCUT2D eigenvalue weighted by atomic mass is 15.0. The van der Waals surface area contributed by atoms with E-state index in [0.717, 1.165) is 56.8 Å². The van der Waals surface area contributed by atoms with E-state index in [1.165, 1.54) is 49.6 Å². The normalized spacial score (nSPS) is 14.1. The molecule has 2 aromatic heterocycles. The molecule has 9 aromatic rings. The Kier molecular flexibility index (Phi) is 12.1. The molecule has 4 N–H and O–H groups in total. The molecule has 1 aliphatic carbocycles. The van der Waals surface area contributed by atoms with Gasteiger partial charge in [0.25, 0.3) is 0 Å². The minimum Gasteiger partial charge on any atom is -0.405 e. The predicted molar refractivity (Wildman–Crippen MR) is 286 cm³/mol. The van der Waals surface area contributed by atoms with E-state index in [-0.39, 0.29) is 0 Å². The Hall–Kier alpha value is -8.67. The molecule has 2 heterocycles. The summed E-state index contributed by atoms with van der Waals surface area (Å²) in [5, 5.41) is 3.62. The lowest BCUT2D eigenvalue weighted by molar-refractivity contribution is 1.06. The lowest BCUT2D eigenvalue weighted by atomic mass is 9.95. The Morgan fingerprint density at radius 3 is 2.16 bits per heavy atom. The maximum Gasteiger partial charge on any atom is 0.0671 e. The van der Waals surface area contributed by atoms with Crippen LogP contribution < -0.4 is 11.5 Å². The first-order valence-corrected chi connectivity index (χ1v) is 22.8. The third kappa shape index (κ3) is 8.54. The summed E-state index contributed by atoms with van der Waals surface area (Å²) in [5.74, 6) is 0. The molecule has 0 spiro atoms. The van der Waals surface area contributed by atoms with Gasteiger partial charge in [-0.3, -0.25) is 4.99 Å². The predicted octanol–water partition coefficient (Wildman–Crippen LogP) is 14.5. The molecule has 0 amide bonds. The number of allylic oxidation sites excluding steroid dienone is 10. The highest BCUT2D eigenvalue weighted by Gasteiger charge is 2.23. The van der Waals surface area contributed by atoms with Gasteiger partial charge in [0.1, 0.15) is 0 Å². The number of hydrogen-bond donors (Lipinski definition) is 2. The number of hydrogen-bond acceptors (Lipinski definition) is 3. The molecule has 10 rings (SSSR count). The van der Waals surface area contributed by atoms with Gasteiger partial charge in [0.15, 0.2) is 0 Å². The lowest BCUT2D eigenvalue weighted by Crippen LogP contribution is -2.05. The van der Waals surface area contributed by atoms with Crippen LogP contribution >= 0.6 is 0 Å². The largest absolute Gasteiger partial charge is 0.405 e. The molecule has 0 fully saturated rings. The second-order valence-corrected chi connectivity index (χ2v) is 16.6. The van der Waals surface area contributed by atoms with Crippen molar-refractivity contribution in [1.82, 2.24) is 9.13 Å². The highest BCUT2D eigenvalue weighted by Crippen LogP contribution is 2.41. The monoisotopic (exact) mass is 865 g/mol. The van der Waals surface area contributed by atoms with Crippen molar-refractivity contribution in [2.24, 2.45) is 16.5 Å². The average Bonchev–Trinajstić information content (AvgIpc) is 3.89. The van der Waals surface area contributed by atoms with Crippen molar-refractivity contribution >= 4 is 50.2 Å². The van der Waals surface area contributed by atoms with Crippen LogP contribution in [-0.2, 0) is 6.42 Å². The molecule has 0 atom stereocenters. The van der Waals surface area contributed by atoms with Crippen LogP contribution in [0.25, 0.3) is 78.1 Å². The smallest absolute Gasteiger partial charge is 0.0671 e. The highest BCUT2D eigenvalue weighted by molar-refractivity contribution is 6.13. The van der Waals surface area contributed by atoms with Gasteiger partial charge in [0.2, 0.25) is 0 Å². The average molecular weight is 866 g/mol. The fraction of sp³-hybridized carbons (Fsp3) is 0.0484. The van der Waals surface area contributed by atoms with E-state index in [4.69, 9.17) is 16.5 Å². The topological polar surface area (TPSA) is 74.3 Å². The van der Waals surface area contributed by atoms with Crippen molar-refractivity contribution in [2.75, 3.05) is 6.54 Å². The molecular weight excluding hydrogens is 815 g/mol. The van der Waals surface area contributed by atoms with E-state index in [2.05, 4.69) is 173 Å². The summed E-state index contributed by atoms with van der Waals surface area (Å²) < 4.78 is 4.82. The molecule has 324 valence electrons. The minimum absolute atomic E-state index is 0.510. The van der Waals surface area contributed by atoms with E-state index in [0.29, 0.717) is 12.2 Å². The molecule has 7 aromatic carbocycles. The zero-order chi connectivity index (χ0) is 45.5. The fourth-order valence-electron chi connectivity index (χ4n) is 9.29. The third-order valence-corrected chi connectivity index (χ3v) is 12.4. The molecule has 0 unspecified atom stereocenters. The van der Waals surface area contributed by atoms with Gasteiger partial charge in [-0.2, -0.15) is 0 Å². The number of rotatable bonds is 12. The fourth-order valence-corrected chi connectivity index (χ4v) is 9.29. The third-order valence-electron chi connectivity index (χ3n) is 12.4. The van der Waals surface area contributed by atoms with Crippen LogP contribution in [0.5, 0.6) is 0 Å². The zero-order valence-corrected chi connectivity index (χ0v) is 37.5. The SMILES string of the molecule is C\C=C/C=C\C=C\CN=C(/C=C(\N)c1ccccc1)c1cccc(-n2c3ccccc3c3cc(-c4ccc5c6c(n(-c7ccccc7-c7ccccc7)c5c4)C=C/C(=C/C=C\N)C6)ccc32)c1. The van der Waals surface area contributed by atoms with Gasteiger partial charge >= 0.3 is 0 Å². The maximum absolute atomic E-state index is 6.73. The van der Waals surface area contributed by atoms with Crippen LogP contribution in [0.1, 0.15) is 29.3 Å². The summed E-state index contributed by atoms with van der Waals surface area (Å²) >= 11 is 0. The molecule has 5 heteroatoms. The Morgan fingerprint density at radius 1 is 0.582 bits per heavy atom. The maximum atomic E-state index is 6.73. The van der Waals surface area contributed by atoms with Crippen LogP contribution in [0.4, 0.5) is 0 Å². The van der Waals surface area contributed by atoms with Gasteiger partial charge in [-0.1, -0.05) is 176 Å². The Balaban J connectivity index is 1.09. The van der Waals surface area contributed by atoms with E-state index in [9.17, 15) is 0 Å². The summed E-state index contributed by atoms with van der Waals surface area (Å²) in [7, 11) is 0. The molecule has 0 saturated carbocycles. The van der Waals surface area contributed by atoms with Gasteiger partial charge < -0.3 is 20.6 Å². The molecule has 0 radical (unpaired) electrons. The number of fused-ring (bicyclic) bond motifs is 6. The number of nitrogens with zero attached hydrogens (tertiary/aromatic N) is 3. The first-order valence-electron chi connectivity index (χ1n) is 22.8. The second-order valence-electron chi connectivity index (χ2n) is 16.6. The minimum atomic E-state index is 0.510. The molecular formula is C62H51N5. The standard InChI is InChI=1S/C62H51N5/c1-2-3-4-5-6-17-38-65-57(43-56(64)46-23-11-8-12-24-46)49-25-18-26-50(40-49)66-59-30-16-14-28-52(59)55-41-47(33-36-60(55)66)48-32-34-53-54-39-44(20-19-37-63)31-35-61(54)67(62(53)42-48)58-29-15-13-27-51(58)45-21-9-7-10-22-45/h2-37,40-43H,38-39,63-64H2,1H3/b3-2-,5-4-,17-6+,37-19-,44-20-,56-43-,65-57?. The van der Waals surface area contributed by atoms with Gasteiger partial charge in [0, 0.05) is 45.1 Å². The van der Waals surface area contributed by atoms with Crippen LogP contribution in [0, 0.1) is 0 Å². The molecule has 1 aliphatic rings. The van der Waals surface area contributed by atoms with Crippen molar-refractivity contribution < 1.29 is 0 Å². The number of aromatic nitrogens is 2. The van der Waals surface area contributed by atoms with Gasteiger partial charge in [-0.15, -0.1) is 0 Å². The van der Waals surface area contributed by atoms with Gasteiger partial charge in [-0.05, 0) is 107 Å². The molecule has 0 aliphatic heterocycles. The molecule has 0 bridgehead atoms. The van der Waals surface area contributed by atoms with E-state index in [1.807, 2.05) is 79.8 Å². The Bertz CT molecular complexity index is 3530. The van der Waals surface area contributed by atoms with Crippen molar-refractivity contribution in [3.63, 3.8) is 0 Å². The molecule has 67 heavy (non-hydrogen) atoms. The lowest BCUT2D eigenvalue weighted by Gasteiger charge is -2.17. The quantitative estimate of drug-likeness (QED) is 0.0948. The van der Waals surface area contributed by atoms with Crippen LogP contribution in [0.2, 0.25) is 0 Å². The summed E-state index contributed by atoms with van der Waals surface area (Å²) in [6.07, 6.45) is 25.0. The van der Waals surface area contributed by atoms with E-state index in [1.54, 1.807) is 6.20 Å². The van der Waals surface area contributed by atoms with Gasteiger partial charge in [-0.25, -0.2) is 0 Å². The van der Waals surface area contributed by atoms with Gasteiger partial charge in [0.05, 0.1) is 40.2 Å². The van der Waals surface area contributed by atoms with Crippen molar-refractivity contribution in [1.29, 1.82) is 0 Å². The number of para-hydroxylation sites is 2. The number of benzene rings is 7. The summed E-state index contributed by atoms with van der Waals surface area (Å²) in [5.41, 5.74) is 30.0. The second kappa shape index (κ2) is 19.2. The van der Waals surface area contributed by atoms with Crippen molar-refractivity contribution in [3.8, 4) is 33.6 Å². The summed E-state index contributed by atoms with van der Waals surface area (Å²) in [6.45, 7) is 2.52. The van der Waals surface area contributed by atoms with Crippen LogP contribution in [-0.4, -0.2) is 21.4 Å². The molecule has 5 nitrogen and oxygen atoms in total. The van der Waals surface area contributed by atoms with Crippen molar-refractivity contribution in [3.05, 3.63) is 265 Å². The van der Waals surface area contributed by atoms with E-state index >= 15 is 0 Å². The number of nitrogens with two attached hydrogens (primary N) is 2. The Labute approximate surface area is 392 Å². The number of aliphatic imine (C=N–C) groups is 1. The Morgan fingerprint density at radius 2 is 1.31 bits per heavy atom. The van der Waals surface area contributed by atoms with Crippen LogP contribution in [0.3, 0.4) is 0 Å². The first-order chi connectivity index (χ1) is 33.1.